The molecule has 0 spiro atoms. The number of piperidine rings is 1. The number of hydrogen-bond donors (Lipinski definition) is 3. The molecule has 3 aromatic rings. The summed E-state index contributed by atoms with van der Waals surface area (Å²) in [5.74, 6) is 0.164. The maximum Gasteiger partial charge on any atom is 0.429 e. The molecule has 3 amide bonds. The van der Waals surface area contributed by atoms with Crippen molar-refractivity contribution in [2.75, 3.05) is 44.3 Å². The van der Waals surface area contributed by atoms with E-state index in [1.54, 1.807) is 17.1 Å². The minimum atomic E-state index is -0.479. The lowest BCUT2D eigenvalue weighted by Crippen LogP contribution is -2.49. The Hall–Kier alpha value is -4.41. The Labute approximate surface area is 284 Å². The van der Waals surface area contributed by atoms with Gasteiger partial charge < -0.3 is 25.4 Å². The highest BCUT2D eigenvalue weighted by atomic mass is 16.6. The molecule has 5 rings (SSSR count). The van der Waals surface area contributed by atoms with Crippen LogP contribution in [0.2, 0.25) is 0 Å². The Morgan fingerprint density at radius 1 is 0.875 bits per heavy atom. The van der Waals surface area contributed by atoms with Crippen LogP contribution in [-0.2, 0) is 20.9 Å². The predicted octanol–water partition coefficient (Wildman–Crippen LogP) is 5.86. The van der Waals surface area contributed by atoms with Gasteiger partial charge in [0, 0.05) is 38.3 Å². The molecule has 0 aromatic heterocycles. The molecule has 2 heterocycles. The average molecular weight is 656 g/mol. The van der Waals surface area contributed by atoms with Gasteiger partial charge in [-0.25, -0.2) is 14.8 Å². The molecule has 2 aliphatic heterocycles. The number of amides is 3. The zero-order valence-corrected chi connectivity index (χ0v) is 27.8. The summed E-state index contributed by atoms with van der Waals surface area (Å²) in [4.78, 5) is 41.2. The lowest BCUT2D eigenvalue weighted by molar-refractivity contribution is -0.133. The number of hydrogen-bond acceptors (Lipinski definition) is 7. The molecule has 2 saturated heterocycles. The van der Waals surface area contributed by atoms with Gasteiger partial charge in [0.15, 0.2) is 0 Å². The zero-order chi connectivity index (χ0) is 33.6. The van der Waals surface area contributed by atoms with E-state index in [1.165, 1.54) is 0 Å². The highest BCUT2D eigenvalue weighted by Crippen LogP contribution is 2.33. The molecular formula is C38H49N5O5. The number of carbonyl (C=O) groups is 3. The van der Waals surface area contributed by atoms with E-state index in [9.17, 15) is 19.5 Å². The van der Waals surface area contributed by atoms with E-state index in [2.05, 4.69) is 15.6 Å². The van der Waals surface area contributed by atoms with Crippen LogP contribution in [0, 0.1) is 0 Å². The molecule has 10 nitrogen and oxygen atoms in total. The van der Waals surface area contributed by atoms with Crippen LogP contribution in [0.5, 0.6) is 5.75 Å². The zero-order valence-electron chi connectivity index (χ0n) is 27.8. The van der Waals surface area contributed by atoms with Gasteiger partial charge in [0.25, 0.3) is 0 Å². The summed E-state index contributed by atoms with van der Waals surface area (Å²) in [6.07, 6.45) is 7.07. The number of para-hydroxylation sites is 1. The largest absolute Gasteiger partial charge is 0.508 e. The lowest BCUT2D eigenvalue weighted by Gasteiger charge is -2.37. The molecule has 0 unspecified atom stereocenters. The highest BCUT2D eigenvalue weighted by Gasteiger charge is 2.29. The summed E-state index contributed by atoms with van der Waals surface area (Å²) < 4.78 is 5.69. The van der Waals surface area contributed by atoms with E-state index in [0.29, 0.717) is 19.6 Å². The highest BCUT2D eigenvalue weighted by molar-refractivity contribution is 5.93. The molecule has 0 bridgehead atoms. The fourth-order valence-electron chi connectivity index (χ4n) is 6.38. The summed E-state index contributed by atoms with van der Waals surface area (Å²) in [5, 5.41) is 19.6. The van der Waals surface area contributed by atoms with Crippen LogP contribution >= 0.6 is 0 Å². The first-order valence-electron chi connectivity index (χ1n) is 17.4. The number of hydrazine groups is 1. The molecule has 2 aliphatic rings. The summed E-state index contributed by atoms with van der Waals surface area (Å²) in [6.45, 7) is 4.03. The molecule has 3 N–H and O–H groups in total. The number of nitrogens with zero attached hydrogens (tertiary/aromatic N) is 3. The van der Waals surface area contributed by atoms with Crippen LogP contribution in [0.15, 0.2) is 78.9 Å². The van der Waals surface area contributed by atoms with Gasteiger partial charge in [0.05, 0.1) is 18.2 Å². The first-order chi connectivity index (χ1) is 23.5. The normalized spacial score (nSPS) is 16.3. The van der Waals surface area contributed by atoms with Crippen molar-refractivity contribution < 1.29 is 24.2 Å². The Kier molecular flexibility index (Phi) is 13.3. The molecule has 0 radical (unpaired) electrons. The number of carbonyl (C=O) groups excluding carboxylic acids is 3. The minimum Gasteiger partial charge on any atom is -0.508 e. The van der Waals surface area contributed by atoms with Crippen molar-refractivity contribution in [2.45, 2.75) is 70.4 Å². The van der Waals surface area contributed by atoms with E-state index in [4.69, 9.17) is 4.74 Å². The van der Waals surface area contributed by atoms with Crippen LogP contribution < -0.4 is 15.6 Å². The van der Waals surface area contributed by atoms with Crippen molar-refractivity contribution in [3.63, 3.8) is 0 Å². The van der Waals surface area contributed by atoms with E-state index in [1.807, 2.05) is 71.6 Å². The number of anilines is 1. The second kappa shape index (κ2) is 18.2. The standard InChI is InChI=1S/C38H49N5O5/c44-32-20-18-30(19-21-32)29-41(37(46)34-16-12-24-39-34)25-9-2-8-23-40-36(45)22-28-48-38(47)43(42-26-10-3-11-27-42)35-17-7-6-15-33(35)31-13-4-1-5-14-31/h1,4-7,13-15,17-21,34,39,44H,2-3,8-12,16,22-29H2,(H,40,45)/t34-/m0/s1. The number of nitrogens with one attached hydrogen (secondary N) is 2. The van der Waals surface area contributed by atoms with Gasteiger partial charge >= 0.3 is 6.09 Å². The summed E-state index contributed by atoms with van der Waals surface area (Å²) in [6, 6.07) is 24.7. The fourth-order valence-corrected chi connectivity index (χ4v) is 6.38. The number of ether oxygens (including phenoxy) is 1. The number of aromatic hydroxyl groups is 1. The van der Waals surface area contributed by atoms with Gasteiger partial charge in [0.2, 0.25) is 11.8 Å². The molecule has 256 valence electrons. The van der Waals surface area contributed by atoms with E-state index >= 15 is 0 Å². The van der Waals surface area contributed by atoms with Crippen molar-refractivity contribution >= 4 is 23.6 Å². The van der Waals surface area contributed by atoms with Crippen LogP contribution in [0.4, 0.5) is 10.5 Å². The van der Waals surface area contributed by atoms with Gasteiger partial charge in [-0.1, -0.05) is 67.1 Å². The molecule has 2 fully saturated rings. The third-order valence-corrected chi connectivity index (χ3v) is 8.97. The van der Waals surface area contributed by atoms with Crippen LogP contribution in [-0.4, -0.2) is 78.3 Å². The molecule has 10 heteroatoms. The van der Waals surface area contributed by atoms with Crippen LogP contribution in [0.25, 0.3) is 11.1 Å². The third kappa shape index (κ3) is 10.0. The third-order valence-electron chi connectivity index (χ3n) is 8.97. The fraction of sp³-hybridized carbons (Fsp3) is 0.447. The maximum atomic E-state index is 13.5. The van der Waals surface area contributed by atoms with Crippen molar-refractivity contribution in [2.24, 2.45) is 0 Å². The Morgan fingerprint density at radius 3 is 2.38 bits per heavy atom. The van der Waals surface area contributed by atoms with Crippen molar-refractivity contribution in [1.82, 2.24) is 20.5 Å². The van der Waals surface area contributed by atoms with Crippen molar-refractivity contribution in [3.05, 3.63) is 84.4 Å². The van der Waals surface area contributed by atoms with E-state index in [0.717, 1.165) is 93.4 Å². The minimum absolute atomic E-state index is 0.00789. The Bertz CT molecular complexity index is 1460. The first kappa shape index (κ1) is 34.9. The summed E-state index contributed by atoms with van der Waals surface area (Å²) in [7, 11) is 0. The number of benzene rings is 3. The lowest BCUT2D eigenvalue weighted by atomic mass is 10.0. The SMILES string of the molecule is O=C(CCOC(=O)N(c1ccccc1-c1ccccc1)N1CCCCC1)NCCCCCN(Cc1ccc(O)cc1)C(=O)[C@@H]1CCCN1. The van der Waals surface area contributed by atoms with Gasteiger partial charge in [0.1, 0.15) is 12.4 Å². The van der Waals surface area contributed by atoms with Crippen LogP contribution in [0.3, 0.4) is 0 Å². The second-order valence-corrected chi connectivity index (χ2v) is 12.6. The van der Waals surface area contributed by atoms with Crippen molar-refractivity contribution in [3.8, 4) is 16.9 Å². The smallest absolute Gasteiger partial charge is 0.429 e. The van der Waals surface area contributed by atoms with Crippen molar-refractivity contribution in [1.29, 1.82) is 0 Å². The Balaban J connectivity index is 1.06. The summed E-state index contributed by atoms with van der Waals surface area (Å²) in [5.41, 5.74) is 3.71. The van der Waals surface area contributed by atoms with E-state index < -0.39 is 6.09 Å². The second-order valence-electron chi connectivity index (χ2n) is 12.6. The monoisotopic (exact) mass is 655 g/mol. The Morgan fingerprint density at radius 2 is 1.62 bits per heavy atom. The first-order valence-corrected chi connectivity index (χ1v) is 17.4. The average Bonchev–Trinajstić information content (AvgIpc) is 3.66. The van der Waals surface area contributed by atoms with E-state index in [-0.39, 0.29) is 36.6 Å². The number of phenolic OH excluding ortho intramolecular Hbond substituents is 1. The van der Waals surface area contributed by atoms with Gasteiger partial charge in [-0.15, -0.1) is 0 Å². The van der Waals surface area contributed by atoms with Crippen LogP contribution in [0.1, 0.15) is 63.4 Å². The molecule has 3 aromatic carbocycles. The molecular weight excluding hydrogens is 606 g/mol. The van der Waals surface area contributed by atoms with Gasteiger partial charge in [-0.3, -0.25) is 9.59 Å². The summed E-state index contributed by atoms with van der Waals surface area (Å²) >= 11 is 0. The van der Waals surface area contributed by atoms with Gasteiger partial charge in [-0.05, 0) is 80.8 Å². The number of phenols is 1. The van der Waals surface area contributed by atoms with Gasteiger partial charge in [-0.2, -0.15) is 0 Å². The molecule has 0 aliphatic carbocycles. The predicted molar refractivity (Wildman–Crippen MR) is 187 cm³/mol. The molecule has 48 heavy (non-hydrogen) atoms. The molecule has 0 saturated carbocycles. The molecule has 1 atom stereocenters. The quantitative estimate of drug-likeness (QED) is 0.176. The number of unbranched alkanes of at least 4 members (excludes halogenated alkanes) is 2. The topological polar surface area (TPSA) is 114 Å². The number of rotatable bonds is 15. The maximum absolute atomic E-state index is 13.5.